The summed E-state index contributed by atoms with van der Waals surface area (Å²) in [6, 6.07) is 2.65. The molecule has 116 valence electrons. The number of carbonyl (C=O) groups excluding carboxylic acids is 1. The maximum atomic E-state index is 14.2. The lowest BCUT2D eigenvalue weighted by Gasteiger charge is -2.41. The SMILES string of the molecule is CC(C)(C)OC(=O)N1CC(C(F)c2cc(F)cc(F)c2)C1. The predicted octanol–water partition coefficient (Wildman–Crippen LogP) is 3.84. The van der Waals surface area contributed by atoms with E-state index in [9.17, 15) is 18.0 Å². The third-order valence-corrected chi connectivity index (χ3v) is 3.18. The molecule has 0 aliphatic carbocycles. The highest BCUT2D eigenvalue weighted by atomic mass is 19.1. The van der Waals surface area contributed by atoms with Gasteiger partial charge in [0.1, 0.15) is 23.4 Å². The number of amides is 1. The molecule has 0 radical (unpaired) electrons. The average molecular weight is 301 g/mol. The fraction of sp³-hybridized carbons (Fsp3) is 0.533. The highest BCUT2D eigenvalue weighted by Crippen LogP contribution is 2.34. The third-order valence-electron chi connectivity index (χ3n) is 3.18. The smallest absolute Gasteiger partial charge is 0.410 e. The molecule has 1 aromatic carbocycles. The Kier molecular flexibility index (Phi) is 4.16. The number of rotatable bonds is 2. The number of carbonyl (C=O) groups is 1. The number of halogens is 3. The highest BCUT2D eigenvalue weighted by molar-refractivity contribution is 5.69. The number of hydrogen-bond acceptors (Lipinski definition) is 2. The number of benzene rings is 1. The summed E-state index contributed by atoms with van der Waals surface area (Å²) in [7, 11) is 0. The van der Waals surface area contributed by atoms with E-state index in [4.69, 9.17) is 4.74 Å². The van der Waals surface area contributed by atoms with Crippen LogP contribution in [0.2, 0.25) is 0 Å². The zero-order valence-corrected chi connectivity index (χ0v) is 12.2. The van der Waals surface area contributed by atoms with Gasteiger partial charge in [0.25, 0.3) is 0 Å². The summed E-state index contributed by atoms with van der Waals surface area (Å²) in [5.74, 6) is -2.09. The molecule has 21 heavy (non-hydrogen) atoms. The van der Waals surface area contributed by atoms with Gasteiger partial charge in [0.05, 0.1) is 0 Å². The van der Waals surface area contributed by atoms with E-state index in [1.807, 2.05) is 0 Å². The third kappa shape index (κ3) is 3.89. The van der Waals surface area contributed by atoms with Gasteiger partial charge >= 0.3 is 6.09 Å². The van der Waals surface area contributed by atoms with Crippen LogP contribution < -0.4 is 0 Å². The van der Waals surface area contributed by atoms with E-state index >= 15 is 0 Å². The first-order valence-electron chi connectivity index (χ1n) is 6.74. The standard InChI is InChI=1S/C15H18F3NO2/c1-15(2,3)21-14(20)19-7-10(8-19)13(18)9-4-11(16)6-12(17)5-9/h4-6,10,13H,7-8H2,1-3H3. The van der Waals surface area contributed by atoms with Crippen LogP contribution in [0.3, 0.4) is 0 Å². The Morgan fingerprint density at radius 3 is 2.24 bits per heavy atom. The van der Waals surface area contributed by atoms with Crippen LogP contribution in [0.1, 0.15) is 32.5 Å². The minimum Gasteiger partial charge on any atom is -0.444 e. The van der Waals surface area contributed by atoms with Crippen molar-refractivity contribution < 1.29 is 22.7 Å². The largest absolute Gasteiger partial charge is 0.444 e. The van der Waals surface area contributed by atoms with Crippen molar-refractivity contribution in [1.29, 1.82) is 0 Å². The van der Waals surface area contributed by atoms with Crippen LogP contribution in [0.5, 0.6) is 0 Å². The molecule has 1 unspecified atom stereocenters. The molecule has 1 fully saturated rings. The van der Waals surface area contributed by atoms with Crippen molar-refractivity contribution >= 4 is 6.09 Å². The second-order valence-electron chi connectivity index (χ2n) is 6.25. The molecule has 0 spiro atoms. The zero-order chi connectivity index (χ0) is 15.8. The van der Waals surface area contributed by atoms with Gasteiger partial charge in [-0.15, -0.1) is 0 Å². The van der Waals surface area contributed by atoms with Gasteiger partial charge in [-0.05, 0) is 38.5 Å². The van der Waals surface area contributed by atoms with Crippen LogP contribution in [-0.4, -0.2) is 29.7 Å². The molecule has 0 N–H and O–H groups in total. The van der Waals surface area contributed by atoms with Gasteiger partial charge in [0, 0.05) is 25.1 Å². The molecule has 1 aliphatic heterocycles. The van der Waals surface area contributed by atoms with Gasteiger partial charge < -0.3 is 9.64 Å². The summed E-state index contributed by atoms with van der Waals surface area (Å²) in [6.07, 6.45) is -2.01. The van der Waals surface area contributed by atoms with Crippen LogP contribution in [0.25, 0.3) is 0 Å². The number of nitrogens with zero attached hydrogens (tertiary/aromatic N) is 1. The number of ether oxygens (including phenoxy) is 1. The van der Waals surface area contributed by atoms with Gasteiger partial charge in [-0.3, -0.25) is 0 Å². The lowest BCUT2D eigenvalue weighted by atomic mass is 9.90. The summed E-state index contributed by atoms with van der Waals surface area (Å²) in [5, 5.41) is 0. The maximum absolute atomic E-state index is 14.2. The van der Waals surface area contributed by atoms with Crippen molar-refractivity contribution in [3.63, 3.8) is 0 Å². The van der Waals surface area contributed by atoms with Crippen molar-refractivity contribution in [3.8, 4) is 0 Å². The van der Waals surface area contributed by atoms with E-state index in [0.29, 0.717) is 6.07 Å². The number of hydrogen-bond donors (Lipinski definition) is 0. The minimum atomic E-state index is -1.51. The van der Waals surface area contributed by atoms with Gasteiger partial charge in [0.2, 0.25) is 0 Å². The Labute approximate surface area is 121 Å². The minimum absolute atomic E-state index is 0.0404. The van der Waals surface area contributed by atoms with Gasteiger partial charge in [-0.1, -0.05) is 0 Å². The van der Waals surface area contributed by atoms with Crippen molar-refractivity contribution in [1.82, 2.24) is 4.90 Å². The Bertz CT molecular complexity index is 516. The van der Waals surface area contributed by atoms with Crippen LogP contribution in [-0.2, 0) is 4.74 Å². The van der Waals surface area contributed by atoms with Crippen LogP contribution >= 0.6 is 0 Å². The summed E-state index contributed by atoms with van der Waals surface area (Å²) < 4.78 is 45.5. The first-order chi connectivity index (χ1) is 9.65. The van der Waals surface area contributed by atoms with Crippen molar-refractivity contribution in [2.75, 3.05) is 13.1 Å². The first kappa shape index (κ1) is 15.7. The fourth-order valence-electron chi connectivity index (χ4n) is 2.18. The molecule has 0 bridgehead atoms. The Hall–Kier alpha value is -1.72. The lowest BCUT2D eigenvalue weighted by molar-refractivity contribution is -0.0155. The molecule has 0 saturated carbocycles. The zero-order valence-electron chi connectivity index (χ0n) is 12.2. The lowest BCUT2D eigenvalue weighted by Crippen LogP contribution is -2.52. The summed E-state index contributed by atoms with van der Waals surface area (Å²) >= 11 is 0. The molecule has 1 amide bonds. The normalized spacial score (nSPS) is 17.3. The Balaban J connectivity index is 1.93. The van der Waals surface area contributed by atoms with E-state index in [0.717, 1.165) is 12.1 Å². The van der Waals surface area contributed by atoms with Crippen LogP contribution in [0.4, 0.5) is 18.0 Å². The number of likely N-dealkylation sites (tertiary alicyclic amines) is 1. The van der Waals surface area contributed by atoms with Gasteiger partial charge in [0.15, 0.2) is 0 Å². The fourth-order valence-corrected chi connectivity index (χ4v) is 2.18. The van der Waals surface area contributed by atoms with E-state index in [1.165, 1.54) is 4.90 Å². The second kappa shape index (κ2) is 5.58. The molecule has 0 aromatic heterocycles. The molecule has 1 saturated heterocycles. The first-order valence-corrected chi connectivity index (χ1v) is 6.74. The molecule has 1 atom stereocenters. The monoisotopic (exact) mass is 301 g/mol. The average Bonchev–Trinajstić information content (AvgIpc) is 2.22. The summed E-state index contributed by atoms with van der Waals surface area (Å²) in [5.41, 5.74) is -0.649. The Morgan fingerprint density at radius 1 is 1.24 bits per heavy atom. The van der Waals surface area contributed by atoms with Gasteiger partial charge in [-0.25, -0.2) is 18.0 Å². The van der Waals surface area contributed by atoms with Crippen molar-refractivity contribution in [2.45, 2.75) is 32.5 Å². The van der Waals surface area contributed by atoms with E-state index in [-0.39, 0.29) is 18.7 Å². The van der Waals surface area contributed by atoms with E-state index in [1.54, 1.807) is 20.8 Å². The van der Waals surface area contributed by atoms with Gasteiger partial charge in [-0.2, -0.15) is 0 Å². The molecule has 1 heterocycles. The van der Waals surface area contributed by atoms with Crippen LogP contribution in [0.15, 0.2) is 18.2 Å². The van der Waals surface area contributed by atoms with E-state index in [2.05, 4.69) is 0 Å². The molecule has 1 aliphatic rings. The van der Waals surface area contributed by atoms with Crippen molar-refractivity contribution in [3.05, 3.63) is 35.4 Å². The topological polar surface area (TPSA) is 29.5 Å². The molecule has 1 aromatic rings. The Morgan fingerprint density at radius 2 is 1.76 bits per heavy atom. The van der Waals surface area contributed by atoms with E-state index < -0.39 is 35.4 Å². The summed E-state index contributed by atoms with van der Waals surface area (Å²) in [6.45, 7) is 5.59. The molecular formula is C15H18F3NO2. The highest BCUT2D eigenvalue weighted by Gasteiger charge is 2.39. The number of alkyl halides is 1. The maximum Gasteiger partial charge on any atom is 0.410 e. The predicted molar refractivity (Wildman–Crippen MR) is 71.5 cm³/mol. The molecule has 2 rings (SSSR count). The second-order valence-corrected chi connectivity index (χ2v) is 6.25. The molecule has 6 heteroatoms. The summed E-state index contributed by atoms with van der Waals surface area (Å²) in [4.78, 5) is 13.1. The van der Waals surface area contributed by atoms with Crippen LogP contribution in [0, 0.1) is 17.6 Å². The van der Waals surface area contributed by atoms with Crippen molar-refractivity contribution in [2.24, 2.45) is 5.92 Å². The molecular weight excluding hydrogens is 283 g/mol. The molecule has 3 nitrogen and oxygen atoms in total. The quantitative estimate of drug-likeness (QED) is 0.830.